The van der Waals surface area contributed by atoms with Crippen LogP contribution in [0, 0.1) is 6.92 Å². The number of aliphatic hydroxyl groups excluding tert-OH is 1. The Morgan fingerprint density at radius 2 is 2.03 bits per heavy atom. The number of hydrogen-bond donors (Lipinski definition) is 1. The van der Waals surface area contributed by atoms with Gasteiger partial charge in [-0.3, -0.25) is 9.59 Å². The SMILES string of the molecule is CCCOc1cccc([C@@H]2C(C(=O)c3ccc(C)o3)=C(O)C(=O)N2CCOC)c1. The molecular weight excluding hydrogens is 374 g/mol. The van der Waals surface area contributed by atoms with Crippen molar-refractivity contribution in [2.24, 2.45) is 0 Å². The number of nitrogens with zero attached hydrogens (tertiary/aromatic N) is 1. The van der Waals surface area contributed by atoms with Crippen LogP contribution in [0.25, 0.3) is 0 Å². The minimum atomic E-state index is -0.763. The summed E-state index contributed by atoms with van der Waals surface area (Å²) in [5.41, 5.74) is 0.659. The van der Waals surface area contributed by atoms with Gasteiger partial charge in [0.25, 0.3) is 5.91 Å². The number of carbonyl (C=O) groups is 2. The second kappa shape index (κ2) is 8.96. The molecule has 0 radical (unpaired) electrons. The van der Waals surface area contributed by atoms with Gasteiger partial charge in [0, 0.05) is 13.7 Å². The molecule has 0 fully saturated rings. The molecule has 0 unspecified atom stereocenters. The van der Waals surface area contributed by atoms with Crippen molar-refractivity contribution in [2.45, 2.75) is 26.3 Å². The van der Waals surface area contributed by atoms with E-state index in [0.29, 0.717) is 23.7 Å². The zero-order valence-electron chi connectivity index (χ0n) is 16.8. The Labute approximate surface area is 169 Å². The van der Waals surface area contributed by atoms with E-state index in [2.05, 4.69) is 0 Å². The van der Waals surface area contributed by atoms with Crippen molar-refractivity contribution in [3.05, 3.63) is 64.8 Å². The second-order valence-corrected chi connectivity index (χ2v) is 6.82. The Morgan fingerprint density at radius 3 is 2.69 bits per heavy atom. The van der Waals surface area contributed by atoms with Crippen LogP contribution in [0.5, 0.6) is 5.75 Å². The summed E-state index contributed by atoms with van der Waals surface area (Å²) in [6, 6.07) is 9.64. The molecule has 2 heterocycles. The first kappa shape index (κ1) is 20.7. The van der Waals surface area contributed by atoms with Crippen molar-refractivity contribution >= 4 is 11.7 Å². The van der Waals surface area contributed by atoms with E-state index in [0.717, 1.165) is 6.42 Å². The van der Waals surface area contributed by atoms with Gasteiger partial charge in [0.1, 0.15) is 11.5 Å². The monoisotopic (exact) mass is 399 g/mol. The summed E-state index contributed by atoms with van der Waals surface area (Å²) in [7, 11) is 1.53. The quantitative estimate of drug-likeness (QED) is 0.648. The van der Waals surface area contributed by atoms with E-state index in [9.17, 15) is 14.7 Å². The molecule has 1 aromatic carbocycles. The minimum Gasteiger partial charge on any atom is -0.503 e. The fraction of sp³-hybridized carbons (Fsp3) is 0.364. The smallest absolute Gasteiger partial charge is 0.290 e. The van der Waals surface area contributed by atoms with Crippen molar-refractivity contribution in [3.8, 4) is 5.75 Å². The third kappa shape index (κ3) is 4.19. The molecule has 1 atom stereocenters. The van der Waals surface area contributed by atoms with E-state index in [4.69, 9.17) is 13.9 Å². The van der Waals surface area contributed by atoms with E-state index in [1.54, 1.807) is 31.2 Å². The van der Waals surface area contributed by atoms with Crippen LogP contribution < -0.4 is 4.74 Å². The Hall–Kier alpha value is -3.06. The van der Waals surface area contributed by atoms with Gasteiger partial charge in [-0.05, 0) is 43.2 Å². The van der Waals surface area contributed by atoms with Crippen LogP contribution >= 0.6 is 0 Å². The number of rotatable bonds is 9. The molecule has 1 aromatic heterocycles. The molecular formula is C22H25NO6. The fourth-order valence-corrected chi connectivity index (χ4v) is 3.34. The van der Waals surface area contributed by atoms with Crippen LogP contribution in [0.15, 0.2) is 52.1 Å². The molecule has 1 N–H and O–H groups in total. The summed E-state index contributed by atoms with van der Waals surface area (Å²) < 4.78 is 16.3. The summed E-state index contributed by atoms with van der Waals surface area (Å²) >= 11 is 0. The van der Waals surface area contributed by atoms with Crippen molar-refractivity contribution in [1.29, 1.82) is 0 Å². The molecule has 2 aromatic rings. The first-order valence-corrected chi connectivity index (χ1v) is 9.54. The first-order valence-electron chi connectivity index (χ1n) is 9.54. The average Bonchev–Trinajstić information content (AvgIpc) is 3.26. The molecule has 0 saturated heterocycles. The highest BCUT2D eigenvalue weighted by molar-refractivity contribution is 6.15. The zero-order valence-corrected chi connectivity index (χ0v) is 16.8. The maximum Gasteiger partial charge on any atom is 0.290 e. The molecule has 1 aliphatic heterocycles. The Bertz CT molecular complexity index is 929. The molecule has 154 valence electrons. The molecule has 7 nitrogen and oxygen atoms in total. The van der Waals surface area contributed by atoms with E-state index in [-0.39, 0.29) is 24.5 Å². The third-order valence-electron chi connectivity index (χ3n) is 4.70. The number of benzene rings is 1. The lowest BCUT2D eigenvalue weighted by Gasteiger charge is -2.26. The molecule has 3 rings (SSSR count). The van der Waals surface area contributed by atoms with Gasteiger partial charge in [-0.25, -0.2) is 0 Å². The van der Waals surface area contributed by atoms with Gasteiger partial charge >= 0.3 is 0 Å². The predicted molar refractivity (Wildman–Crippen MR) is 106 cm³/mol. The summed E-state index contributed by atoms with van der Waals surface area (Å²) in [6.07, 6.45) is 0.856. The number of methoxy groups -OCH3 is 1. The van der Waals surface area contributed by atoms with Crippen LogP contribution in [0.4, 0.5) is 0 Å². The van der Waals surface area contributed by atoms with Crippen molar-refractivity contribution in [2.75, 3.05) is 26.9 Å². The topological polar surface area (TPSA) is 89.2 Å². The minimum absolute atomic E-state index is 0.00639. The molecule has 1 amide bonds. The summed E-state index contributed by atoms with van der Waals surface area (Å²) in [5, 5.41) is 10.6. The normalized spacial score (nSPS) is 16.6. The van der Waals surface area contributed by atoms with Gasteiger partial charge in [-0.2, -0.15) is 0 Å². The highest BCUT2D eigenvalue weighted by atomic mass is 16.5. The largest absolute Gasteiger partial charge is 0.503 e. The second-order valence-electron chi connectivity index (χ2n) is 6.82. The summed E-state index contributed by atoms with van der Waals surface area (Å²) in [6.45, 7) is 4.77. The van der Waals surface area contributed by atoms with Gasteiger partial charge in [0.15, 0.2) is 11.5 Å². The standard InChI is InChI=1S/C22H25NO6/c1-4-11-28-16-7-5-6-15(13-16)19-18(20(24)17-9-8-14(2)29-17)21(25)22(26)23(19)10-12-27-3/h5-9,13,19,25H,4,10-12H2,1-3H3/t19-/m1/s1. The number of amides is 1. The average molecular weight is 399 g/mol. The number of furan rings is 1. The molecule has 0 aliphatic carbocycles. The zero-order chi connectivity index (χ0) is 21.0. The molecule has 7 heteroatoms. The highest BCUT2D eigenvalue weighted by Crippen LogP contribution is 2.39. The Balaban J connectivity index is 2.04. The summed E-state index contributed by atoms with van der Waals surface area (Å²) in [4.78, 5) is 27.3. The molecule has 1 aliphatic rings. The lowest BCUT2D eigenvalue weighted by Crippen LogP contribution is -2.34. The number of ketones is 1. The molecule has 0 spiro atoms. The number of ether oxygens (including phenoxy) is 2. The first-order chi connectivity index (χ1) is 14.0. The van der Waals surface area contributed by atoms with Gasteiger partial charge < -0.3 is 23.9 Å². The van der Waals surface area contributed by atoms with Crippen LogP contribution in [0.3, 0.4) is 0 Å². The number of Topliss-reactive ketones (excluding diaryl/α,β-unsaturated/α-hetero) is 1. The summed E-state index contributed by atoms with van der Waals surface area (Å²) in [5.74, 6) is -0.415. The number of aliphatic hydroxyl groups is 1. The van der Waals surface area contributed by atoms with Crippen molar-refractivity contribution < 1.29 is 28.6 Å². The van der Waals surface area contributed by atoms with Crippen molar-refractivity contribution in [1.82, 2.24) is 4.90 Å². The maximum atomic E-state index is 13.1. The fourth-order valence-electron chi connectivity index (χ4n) is 3.34. The van der Waals surface area contributed by atoms with Crippen LogP contribution in [-0.4, -0.2) is 48.6 Å². The molecule has 0 saturated carbocycles. The molecule has 29 heavy (non-hydrogen) atoms. The lowest BCUT2D eigenvalue weighted by atomic mass is 9.95. The van der Waals surface area contributed by atoms with E-state index in [1.165, 1.54) is 18.1 Å². The van der Waals surface area contributed by atoms with Crippen molar-refractivity contribution in [3.63, 3.8) is 0 Å². The number of aryl methyl sites for hydroxylation is 1. The van der Waals surface area contributed by atoms with E-state index in [1.807, 2.05) is 13.0 Å². The Morgan fingerprint density at radius 1 is 1.24 bits per heavy atom. The number of hydrogen-bond acceptors (Lipinski definition) is 6. The third-order valence-corrected chi connectivity index (χ3v) is 4.70. The van der Waals surface area contributed by atoms with Crippen LogP contribution in [0.1, 0.15) is 41.3 Å². The predicted octanol–water partition coefficient (Wildman–Crippen LogP) is 3.60. The van der Waals surface area contributed by atoms with E-state index >= 15 is 0 Å². The maximum absolute atomic E-state index is 13.1. The van der Waals surface area contributed by atoms with Gasteiger partial charge in [0.2, 0.25) is 5.78 Å². The molecule has 0 bridgehead atoms. The van der Waals surface area contributed by atoms with Crippen LogP contribution in [0.2, 0.25) is 0 Å². The van der Waals surface area contributed by atoms with Gasteiger partial charge in [-0.15, -0.1) is 0 Å². The lowest BCUT2D eigenvalue weighted by molar-refractivity contribution is -0.130. The Kier molecular flexibility index (Phi) is 6.39. The van der Waals surface area contributed by atoms with Gasteiger partial charge in [0.05, 0.1) is 24.8 Å². The van der Waals surface area contributed by atoms with Crippen LogP contribution in [-0.2, 0) is 9.53 Å². The number of carbonyl (C=O) groups excluding carboxylic acids is 2. The highest BCUT2D eigenvalue weighted by Gasteiger charge is 2.44. The van der Waals surface area contributed by atoms with Gasteiger partial charge in [-0.1, -0.05) is 19.1 Å². The van der Waals surface area contributed by atoms with E-state index < -0.39 is 23.5 Å².